The highest BCUT2D eigenvalue weighted by molar-refractivity contribution is 5.90. The van der Waals surface area contributed by atoms with Gasteiger partial charge in [-0.3, -0.25) is 14.5 Å². The fourth-order valence-electron chi connectivity index (χ4n) is 3.75. The average Bonchev–Trinajstić information content (AvgIpc) is 3.27. The van der Waals surface area contributed by atoms with Crippen molar-refractivity contribution in [3.63, 3.8) is 0 Å². The molecule has 0 spiro atoms. The number of halogens is 1. The molecule has 36 heavy (non-hydrogen) atoms. The van der Waals surface area contributed by atoms with E-state index in [1.807, 2.05) is 0 Å². The molecule has 1 aromatic heterocycles. The molecule has 0 radical (unpaired) electrons. The number of amides is 3. The molecule has 4 rings (SSSR count). The van der Waals surface area contributed by atoms with Gasteiger partial charge in [0.2, 0.25) is 5.91 Å². The van der Waals surface area contributed by atoms with Crippen molar-refractivity contribution >= 4 is 35.8 Å². The molecular formula is C23H25FN6O6. The molecule has 1 fully saturated rings. The maximum atomic E-state index is 15.0. The Morgan fingerprint density at radius 3 is 2.69 bits per heavy atom. The Kier molecular flexibility index (Phi) is 7.41. The molecule has 3 N–H and O–H groups in total. The molecule has 2 unspecified atom stereocenters. The number of hydrazone groups is 1. The van der Waals surface area contributed by atoms with Crippen molar-refractivity contribution in [3.05, 3.63) is 42.3 Å². The molecule has 1 saturated heterocycles. The van der Waals surface area contributed by atoms with Gasteiger partial charge in [0.25, 0.3) is 5.91 Å². The number of benzene rings is 1. The first-order chi connectivity index (χ1) is 17.3. The van der Waals surface area contributed by atoms with Gasteiger partial charge in [0.1, 0.15) is 24.1 Å². The third kappa shape index (κ3) is 5.42. The van der Waals surface area contributed by atoms with Crippen LogP contribution in [0.25, 0.3) is 11.1 Å². The van der Waals surface area contributed by atoms with Gasteiger partial charge in [0, 0.05) is 30.8 Å². The summed E-state index contributed by atoms with van der Waals surface area (Å²) >= 11 is 0. The lowest BCUT2D eigenvalue weighted by atomic mass is 10.1. The molecule has 3 heterocycles. The van der Waals surface area contributed by atoms with Crippen LogP contribution in [0.5, 0.6) is 0 Å². The van der Waals surface area contributed by atoms with Gasteiger partial charge < -0.3 is 25.2 Å². The highest BCUT2D eigenvalue weighted by Crippen LogP contribution is 2.29. The maximum Gasteiger partial charge on any atom is 0.414 e. The third-order valence-electron chi connectivity index (χ3n) is 5.67. The molecule has 2 aliphatic rings. The minimum absolute atomic E-state index is 0.177. The molecule has 13 heteroatoms. The van der Waals surface area contributed by atoms with Crippen LogP contribution in [0.4, 0.5) is 20.7 Å². The lowest BCUT2D eigenvalue weighted by Crippen LogP contribution is -2.45. The van der Waals surface area contributed by atoms with Crippen LogP contribution in [-0.4, -0.2) is 89.4 Å². The number of aliphatic hydroxyl groups excluding tert-OH is 2. The second kappa shape index (κ2) is 10.7. The van der Waals surface area contributed by atoms with Crippen molar-refractivity contribution in [2.45, 2.75) is 19.1 Å². The van der Waals surface area contributed by atoms with Crippen molar-refractivity contribution in [1.29, 1.82) is 0 Å². The van der Waals surface area contributed by atoms with Gasteiger partial charge in [-0.15, -0.1) is 0 Å². The first-order valence-corrected chi connectivity index (χ1v) is 11.2. The number of anilines is 2. The van der Waals surface area contributed by atoms with Crippen LogP contribution in [0.1, 0.15) is 6.92 Å². The van der Waals surface area contributed by atoms with Crippen LogP contribution < -0.4 is 15.1 Å². The zero-order valence-corrected chi connectivity index (χ0v) is 19.4. The van der Waals surface area contributed by atoms with Gasteiger partial charge in [0.15, 0.2) is 6.10 Å². The molecule has 2 aromatic rings. The first-order valence-electron chi connectivity index (χ1n) is 11.2. The number of pyridine rings is 1. The second-order valence-electron chi connectivity index (χ2n) is 8.21. The number of hydrogen-bond donors (Lipinski definition) is 3. The molecule has 2 aliphatic heterocycles. The van der Waals surface area contributed by atoms with E-state index in [9.17, 15) is 23.9 Å². The number of nitrogens with one attached hydrogen (secondary N) is 1. The fraction of sp³-hybridized carbons (Fsp3) is 0.348. The summed E-state index contributed by atoms with van der Waals surface area (Å²) in [5.74, 6) is -0.946. The van der Waals surface area contributed by atoms with Crippen LogP contribution in [0, 0.1) is 5.82 Å². The molecule has 1 aromatic carbocycles. The molecule has 12 nitrogen and oxygen atoms in total. The summed E-state index contributed by atoms with van der Waals surface area (Å²) in [7, 11) is 0. The van der Waals surface area contributed by atoms with Gasteiger partial charge in [-0.1, -0.05) is 0 Å². The molecule has 2 atom stereocenters. The summed E-state index contributed by atoms with van der Waals surface area (Å²) in [5.41, 5.74) is 1.15. The van der Waals surface area contributed by atoms with Crippen molar-refractivity contribution in [1.82, 2.24) is 15.3 Å². The molecule has 3 amide bonds. The minimum Gasteiger partial charge on any atom is -0.442 e. The standard InChI is InChI=1S/C23H25FN6O6/c1-14(32)25-10-17-11-29(23(35)36-17)16-3-4-18(19(24)8-16)15-2-5-21(26-9-15)28-6-7-30(27-13-28)22(34)20(33)12-31/h2-5,8-9,13,17,20,31,33H,6-7,10-12H2,1H3,(H,25,32). The van der Waals surface area contributed by atoms with E-state index in [1.165, 1.54) is 30.4 Å². The fourth-order valence-corrected chi connectivity index (χ4v) is 3.75. The maximum absolute atomic E-state index is 15.0. The Balaban J connectivity index is 1.42. The number of ether oxygens (including phenoxy) is 1. The zero-order valence-electron chi connectivity index (χ0n) is 19.4. The highest BCUT2D eigenvalue weighted by Gasteiger charge is 2.32. The lowest BCUT2D eigenvalue weighted by Gasteiger charge is -2.28. The number of nitrogens with zero attached hydrogens (tertiary/aromatic N) is 5. The van der Waals surface area contributed by atoms with Gasteiger partial charge in [-0.25, -0.2) is 19.2 Å². The Morgan fingerprint density at radius 2 is 2.08 bits per heavy atom. The van der Waals surface area contributed by atoms with E-state index in [2.05, 4.69) is 15.4 Å². The molecule has 190 valence electrons. The van der Waals surface area contributed by atoms with E-state index in [1.54, 1.807) is 29.2 Å². The van der Waals surface area contributed by atoms with Crippen LogP contribution in [0.15, 0.2) is 41.6 Å². The van der Waals surface area contributed by atoms with E-state index in [-0.39, 0.29) is 25.5 Å². The summed E-state index contributed by atoms with van der Waals surface area (Å²) in [6.45, 7) is 1.60. The van der Waals surface area contributed by atoms with Gasteiger partial charge >= 0.3 is 6.09 Å². The molecule has 0 saturated carbocycles. The Bertz CT molecular complexity index is 1180. The van der Waals surface area contributed by atoms with Crippen LogP contribution in [-0.2, 0) is 14.3 Å². The number of rotatable bonds is 7. The van der Waals surface area contributed by atoms with Crippen molar-refractivity contribution < 1.29 is 33.7 Å². The topological polar surface area (TPSA) is 148 Å². The van der Waals surface area contributed by atoms with Crippen LogP contribution in [0.3, 0.4) is 0 Å². The number of cyclic esters (lactones) is 1. The third-order valence-corrected chi connectivity index (χ3v) is 5.67. The first kappa shape index (κ1) is 25.0. The number of aromatic nitrogens is 1. The number of hydrogen-bond acceptors (Lipinski definition) is 9. The van der Waals surface area contributed by atoms with E-state index < -0.39 is 36.6 Å². The predicted molar refractivity (Wildman–Crippen MR) is 127 cm³/mol. The van der Waals surface area contributed by atoms with Gasteiger partial charge in [-0.05, 0) is 30.3 Å². The van der Waals surface area contributed by atoms with Crippen LogP contribution in [0.2, 0.25) is 0 Å². The van der Waals surface area contributed by atoms with E-state index in [4.69, 9.17) is 9.84 Å². The smallest absolute Gasteiger partial charge is 0.414 e. The molecular weight excluding hydrogens is 475 g/mol. The second-order valence-corrected chi connectivity index (χ2v) is 8.21. The summed E-state index contributed by atoms with van der Waals surface area (Å²) in [6, 6.07) is 7.77. The monoisotopic (exact) mass is 500 g/mol. The largest absolute Gasteiger partial charge is 0.442 e. The zero-order chi connectivity index (χ0) is 25.8. The van der Waals surface area contributed by atoms with Crippen LogP contribution >= 0.6 is 0 Å². The average molecular weight is 500 g/mol. The lowest BCUT2D eigenvalue weighted by molar-refractivity contribution is -0.142. The van der Waals surface area contributed by atoms with Crippen molar-refractivity contribution in [2.24, 2.45) is 5.10 Å². The summed E-state index contributed by atoms with van der Waals surface area (Å²) in [5, 5.41) is 26.0. The van der Waals surface area contributed by atoms with Gasteiger partial charge in [0.05, 0.1) is 31.9 Å². The van der Waals surface area contributed by atoms with Crippen molar-refractivity contribution in [2.75, 3.05) is 42.6 Å². The van der Waals surface area contributed by atoms with Gasteiger partial charge in [-0.2, -0.15) is 5.10 Å². The normalized spacial score (nSPS) is 18.3. The summed E-state index contributed by atoms with van der Waals surface area (Å²) in [4.78, 5) is 42.5. The Morgan fingerprint density at radius 1 is 1.28 bits per heavy atom. The van der Waals surface area contributed by atoms with E-state index >= 15 is 0 Å². The SMILES string of the molecule is CC(=O)NCC1CN(c2ccc(-c3ccc(N4C=NN(C(=O)C(O)CO)CC4)nc3)c(F)c2)C(=O)O1. The highest BCUT2D eigenvalue weighted by atomic mass is 19.1. The summed E-state index contributed by atoms with van der Waals surface area (Å²) < 4.78 is 20.2. The Hall–Kier alpha value is -4.10. The minimum atomic E-state index is -1.52. The number of carbonyl (C=O) groups excluding carboxylic acids is 3. The molecule has 0 aliphatic carbocycles. The quantitative estimate of drug-likeness (QED) is 0.492. The molecule has 0 bridgehead atoms. The van der Waals surface area contributed by atoms with E-state index in [0.717, 1.165) is 5.01 Å². The predicted octanol–water partition coefficient (Wildman–Crippen LogP) is 0.294. The number of carbonyl (C=O) groups is 3. The number of aliphatic hydroxyl groups is 2. The Labute approximate surface area is 205 Å². The van der Waals surface area contributed by atoms with Crippen molar-refractivity contribution in [3.8, 4) is 11.1 Å². The van der Waals surface area contributed by atoms with E-state index in [0.29, 0.717) is 29.2 Å². The summed E-state index contributed by atoms with van der Waals surface area (Å²) in [6.07, 6.45) is 0.231.